The summed E-state index contributed by atoms with van der Waals surface area (Å²) in [4.78, 5) is 13.0. The van der Waals surface area contributed by atoms with E-state index in [1.165, 1.54) is 0 Å². The van der Waals surface area contributed by atoms with Crippen LogP contribution >= 0.6 is 0 Å². The van der Waals surface area contributed by atoms with E-state index in [1.807, 2.05) is 66.7 Å². The number of fused-ring (bicyclic) bond motifs is 1. The Bertz CT molecular complexity index is 1210. The Morgan fingerprint density at radius 1 is 0.968 bits per heavy atom. The maximum atomic E-state index is 13.0. The van der Waals surface area contributed by atoms with E-state index in [4.69, 9.17) is 9.15 Å². The highest BCUT2D eigenvalue weighted by Gasteiger charge is 2.27. The lowest BCUT2D eigenvalue weighted by Crippen LogP contribution is -2.35. The van der Waals surface area contributed by atoms with Crippen LogP contribution in [-0.2, 0) is 0 Å². The van der Waals surface area contributed by atoms with E-state index in [9.17, 15) is 4.79 Å². The molecular formula is C27H25NO3. The van der Waals surface area contributed by atoms with Crippen LogP contribution in [0.5, 0.6) is 5.75 Å². The molecule has 0 aliphatic carbocycles. The van der Waals surface area contributed by atoms with Gasteiger partial charge in [-0.15, -0.1) is 0 Å². The van der Waals surface area contributed by atoms with Gasteiger partial charge in [-0.3, -0.25) is 4.79 Å². The highest BCUT2D eigenvalue weighted by molar-refractivity contribution is 5.82. The van der Waals surface area contributed by atoms with Crippen LogP contribution in [0.2, 0.25) is 0 Å². The summed E-state index contributed by atoms with van der Waals surface area (Å²) in [5.41, 5.74) is 3.09. The van der Waals surface area contributed by atoms with Crippen molar-refractivity contribution < 1.29 is 9.15 Å². The molecule has 4 nitrogen and oxygen atoms in total. The third kappa shape index (κ3) is 4.12. The Balaban J connectivity index is 1.48. The predicted molar refractivity (Wildman–Crippen MR) is 123 cm³/mol. The molecule has 5 rings (SSSR count). The van der Waals surface area contributed by atoms with E-state index in [0.717, 1.165) is 37.1 Å². The van der Waals surface area contributed by atoms with Crippen molar-refractivity contribution in [1.82, 2.24) is 5.32 Å². The Hall–Kier alpha value is -3.37. The van der Waals surface area contributed by atoms with Crippen molar-refractivity contribution in [2.75, 3.05) is 13.1 Å². The lowest BCUT2D eigenvalue weighted by atomic mass is 9.89. The van der Waals surface area contributed by atoms with Crippen molar-refractivity contribution in [2.24, 2.45) is 5.92 Å². The van der Waals surface area contributed by atoms with Gasteiger partial charge in [0, 0.05) is 18.5 Å². The zero-order valence-electron chi connectivity index (χ0n) is 17.3. The molecule has 0 spiro atoms. The van der Waals surface area contributed by atoms with Crippen LogP contribution in [0.1, 0.15) is 24.5 Å². The second kappa shape index (κ2) is 8.78. The van der Waals surface area contributed by atoms with Gasteiger partial charge >= 0.3 is 0 Å². The van der Waals surface area contributed by atoms with Crippen LogP contribution in [-0.4, -0.2) is 13.1 Å². The van der Waals surface area contributed by atoms with Gasteiger partial charge in [0.15, 0.2) is 5.43 Å². The van der Waals surface area contributed by atoms with Crippen LogP contribution < -0.4 is 15.5 Å². The van der Waals surface area contributed by atoms with Crippen molar-refractivity contribution in [3.8, 4) is 16.9 Å². The second-order valence-corrected chi connectivity index (χ2v) is 8.06. The van der Waals surface area contributed by atoms with Gasteiger partial charge in [0.25, 0.3) is 0 Å². The van der Waals surface area contributed by atoms with Crippen molar-refractivity contribution >= 4 is 11.0 Å². The van der Waals surface area contributed by atoms with Crippen LogP contribution in [0.4, 0.5) is 0 Å². The Kier molecular flexibility index (Phi) is 5.55. The first-order chi connectivity index (χ1) is 15.3. The fourth-order valence-electron chi connectivity index (χ4n) is 4.36. The monoisotopic (exact) mass is 411 g/mol. The van der Waals surface area contributed by atoms with E-state index in [-0.39, 0.29) is 11.5 Å². The molecule has 3 aromatic carbocycles. The summed E-state index contributed by atoms with van der Waals surface area (Å²) in [6.45, 7) is 1.99. The predicted octanol–water partition coefficient (Wildman–Crippen LogP) is 5.58. The quantitative estimate of drug-likeness (QED) is 0.466. The average molecular weight is 412 g/mol. The number of rotatable bonds is 5. The molecule has 4 heteroatoms. The molecule has 1 aromatic heterocycles. The largest absolute Gasteiger partial charge is 0.485 e. The molecule has 4 aromatic rings. The zero-order chi connectivity index (χ0) is 21.0. The van der Waals surface area contributed by atoms with E-state index in [1.54, 1.807) is 6.26 Å². The molecule has 0 amide bonds. The van der Waals surface area contributed by atoms with E-state index in [0.29, 0.717) is 28.2 Å². The van der Waals surface area contributed by atoms with Crippen molar-refractivity contribution in [3.63, 3.8) is 0 Å². The molecule has 0 radical (unpaired) electrons. The number of hydrogen-bond acceptors (Lipinski definition) is 4. The maximum absolute atomic E-state index is 13.0. The minimum atomic E-state index is -0.0539. The Labute approximate surface area is 181 Å². The van der Waals surface area contributed by atoms with Gasteiger partial charge < -0.3 is 14.5 Å². The van der Waals surface area contributed by atoms with Gasteiger partial charge in [-0.1, -0.05) is 60.7 Å². The molecule has 156 valence electrons. The molecule has 31 heavy (non-hydrogen) atoms. The summed E-state index contributed by atoms with van der Waals surface area (Å²) >= 11 is 0. The minimum Gasteiger partial charge on any atom is -0.485 e. The maximum Gasteiger partial charge on any atom is 0.200 e. The highest BCUT2D eigenvalue weighted by atomic mass is 16.5. The fraction of sp³-hybridized carbons (Fsp3) is 0.222. The molecule has 2 heterocycles. The first kappa shape index (κ1) is 19.6. The lowest BCUT2D eigenvalue weighted by molar-refractivity contribution is 0.116. The molecule has 1 fully saturated rings. The minimum absolute atomic E-state index is 0.0323. The average Bonchev–Trinajstić information content (AvgIpc) is 2.84. The standard InChI is InChI=1S/C27H25NO3/c29-26-23-14-13-22(16-25(23)30-18-24(26)19-8-3-1-4-9-19)31-27(20-10-5-2-6-11-20)21-12-7-15-28-17-21/h1-6,8-11,13-14,16,18,21,27-28H,7,12,15,17H2. The third-order valence-electron chi connectivity index (χ3n) is 5.99. The number of ether oxygens (including phenoxy) is 1. The summed E-state index contributed by atoms with van der Waals surface area (Å²) in [5, 5.41) is 4.05. The summed E-state index contributed by atoms with van der Waals surface area (Å²) < 4.78 is 12.4. The summed E-state index contributed by atoms with van der Waals surface area (Å²) in [5.74, 6) is 1.10. The molecule has 1 aliphatic rings. The van der Waals surface area contributed by atoms with E-state index >= 15 is 0 Å². The molecule has 2 atom stereocenters. The first-order valence-electron chi connectivity index (χ1n) is 10.8. The van der Waals surface area contributed by atoms with Gasteiger partial charge in [-0.25, -0.2) is 0 Å². The molecule has 0 bridgehead atoms. The van der Waals surface area contributed by atoms with Crippen LogP contribution in [0.15, 0.2) is 94.3 Å². The van der Waals surface area contributed by atoms with Crippen LogP contribution in [0.25, 0.3) is 22.1 Å². The molecule has 1 saturated heterocycles. The van der Waals surface area contributed by atoms with Gasteiger partial charge in [-0.05, 0) is 42.6 Å². The zero-order valence-corrected chi connectivity index (χ0v) is 17.3. The van der Waals surface area contributed by atoms with Crippen molar-refractivity contribution in [3.05, 3.63) is 101 Å². The normalized spacial score (nSPS) is 17.4. The van der Waals surface area contributed by atoms with Gasteiger partial charge in [0.2, 0.25) is 0 Å². The van der Waals surface area contributed by atoms with Crippen LogP contribution in [0.3, 0.4) is 0 Å². The second-order valence-electron chi connectivity index (χ2n) is 8.06. The lowest BCUT2D eigenvalue weighted by Gasteiger charge is -2.31. The first-order valence-corrected chi connectivity index (χ1v) is 10.8. The summed E-state index contributed by atoms with van der Waals surface area (Å²) in [7, 11) is 0. The van der Waals surface area contributed by atoms with Gasteiger partial charge in [-0.2, -0.15) is 0 Å². The third-order valence-corrected chi connectivity index (χ3v) is 5.99. The van der Waals surface area contributed by atoms with Gasteiger partial charge in [0.1, 0.15) is 23.7 Å². The number of piperidine rings is 1. The number of benzene rings is 3. The number of hydrogen-bond donors (Lipinski definition) is 1. The van der Waals surface area contributed by atoms with E-state index in [2.05, 4.69) is 17.4 Å². The molecule has 0 saturated carbocycles. The number of nitrogens with one attached hydrogen (secondary N) is 1. The molecular weight excluding hydrogens is 386 g/mol. The smallest absolute Gasteiger partial charge is 0.200 e. The van der Waals surface area contributed by atoms with E-state index < -0.39 is 0 Å². The highest BCUT2D eigenvalue weighted by Crippen LogP contribution is 2.33. The molecule has 1 N–H and O–H groups in total. The van der Waals surface area contributed by atoms with Crippen molar-refractivity contribution in [2.45, 2.75) is 18.9 Å². The van der Waals surface area contributed by atoms with Crippen LogP contribution in [0, 0.1) is 5.92 Å². The van der Waals surface area contributed by atoms with Gasteiger partial charge in [0.05, 0.1) is 10.9 Å². The molecule has 1 aliphatic heterocycles. The van der Waals surface area contributed by atoms with Crippen molar-refractivity contribution in [1.29, 1.82) is 0 Å². The fourth-order valence-corrected chi connectivity index (χ4v) is 4.36. The Morgan fingerprint density at radius 3 is 2.48 bits per heavy atom. The summed E-state index contributed by atoms with van der Waals surface area (Å²) in [6.07, 6.45) is 3.76. The summed E-state index contributed by atoms with van der Waals surface area (Å²) in [6, 6.07) is 25.5. The Morgan fingerprint density at radius 2 is 1.74 bits per heavy atom. The molecule has 2 unspecified atom stereocenters. The topological polar surface area (TPSA) is 51.5 Å². The SMILES string of the molecule is O=c1c(-c2ccccc2)coc2cc(OC(c3ccccc3)C3CCCNC3)ccc12.